The molecule has 0 spiro atoms. The van der Waals surface area contributed by atoms with Crippen molar-refractivity contribution < 1.29 is 13.9 Å². The molecule has 0 radical (unpaired) electrons. The maximum absolute atomic E-state index is 13.2. The summed E-state index contributed by atoms with van der Waals surface area (Å²) in [6.45, 7) is 4.40. The lowest BCUT2D eigenvalue weighted by Crippen LogP contribution is -2.32. The molecule has 0 unspecified atom stereocenters. The van der Waals surface area contributed by atoms with Crippen LogP contribution in [0.15, 0.2) is 28.9 Å². The molecule has 0 saturated carbocycles. The largest absolute Gasteiger partial charge is 0.450 e. The number of para-hydroxylation sites is 1. The summed E-state index contributed by atoms with van der Waals surface area (Å²) in [4.78, 5) is 19.2. The summed E-state index contributed by atoms with van der Waals surface area (Å²) in [5.74, 6) is 0.900. The molecule has 1 saturated heterocycles. The van der Waals surface area contributed by atoms with Crippen molar-refractivity contribution in [2.45, 2.75) is 32.4 Å². The molecule has 7 nitrogen and oxygen atoms in total. The van der Waals surface area contributed by atoms with Crippen LogP contribution in [0.4, 0.5) is 0 Å². The first-order valence-electron chi connectivity index (χ1n) is 8.28. The van der Waals surface area contributed by atoms with Crippen molar-refractivity contribution in [2.24, 2.45) is 0 Å². The Bertz CT molecular complexity index is 916. The number of aromatic nitrogens is 3. The zero-order valence-corrected chi connectivity index (χ0v) is 14.4. The summed E-state index contributed by atoms with van der Waals surface area (Å²) in [5.41, 5.74) is 2.64. The minimum Gasteiger partial charge on any atom is -0.450 e. The van der Waals surface area contributed by atoms with Crippen molar-refractivity contribution in [1.29, 1.82) is 0 Å². The van der Waals surface area contributed by atoms with Gasteiger partial charge < -0.3 is 14.1 Å². The zero-order chi connectivity index (χ0) is 17.6. The predicted octanol–water partition coefficient (Wildman–Crippen LogP) is 2.77. The highest BCUT2D eigenvalue weighted by Crippen LogP contribution is 2.35. The summed E-state index contributed by atoms with van der Waals surface area (Å²) in [6.07, 6.45) is 2.09. The number of amides is 1. The molecule has 1 aliphatic rings. The number of benzene rings is 1. The monoisotopic (exact) mass is 340 g/mol. The number of nitrogens with zero attached hydrogens (tertiary/aromatic N) is 3. The van der Waals surface area contributed by atoms with E-state index in [1.54, 1.807) is 12.0 Å². The van der Waals surface area contributed by atoms with E-state index in [0.29, 0.717) is 24.6 Å². The van der Waals surface area contributed by atoms with Crippen molar-refractivity contribution >= 4 is 16.9 Å². The van der Waals surface area contributed by atoms with Gasteiger partial charge in [-0.2, -0.15) is 5.10 Å². The van der Waals surface area contributed by atoms with Crippen LogP contribution in [-0.2, 0) is 4.74 Å². The van der Waals surface area contributed by atoms with Gasteiger partial charge in [0.25, 0.3) is 5.91 Å². The highest BCUT2D eigenvalue weighted by Gasteiger charge is 2.40. The average Bonchev–Trinajstić information content (AvgIpc) is 3.33. The topological polar surface area (TPSA) is 84.3 Å². The Balaban J connectivity index is 1.74. The molecule has 25 heavy (non-hydrogen) atoms. The molecular formula is C18H20N4O3. The van der Waals surface area contributed by atoms with Crippen LogP contribution in [0.2, 0.25) is 0 Å². The number of furan rings is 1. The van der Waals surface area contributed by atoms with Crippen LogP contribution in [0.1, 0.15) is 40.0 Å². The number of carbonyl (C=O) groups excluding carboxylic acids is 1. The van der Waals surface area contributed by atoms with Gasteiger partial charge in [0.1, 0.15) is 17.7 Å². The van der Waals surface area contributed by atoms with E-state index in [0.717, 1.165) is 22.1 Å². The van der Waals surface area contributed by atoms with Gasteiger partial charge in [0.2, 0.25) is 0 Å². The van der Waals surface area contributed by atoms with Crippen LogP contribution >= 0.6 is 0 Å². The third-order valence-electron chi connectivity index (χ3n) is 4.96. The van der Waals surface area contributed by atoms with Gasteiger partial charge in [-0.15, -0.1) is 0 Å². The Hall–Kier alpha value is -2.67. The molecule has 0 bridgehead atoms. The van der Waals surface area contributed by atoms with Crippen LogP contribution in [0.5, 0.6) is 0 Å². The SMILES string of the molecule is CO[C@@H]1C[C@@H](c2ncn[nH]2)N(C(=O)c2oc3c(C)cccc3c2C)C1. The number of carbonyl (C=O) groups is 1. The van der Waals surface area contributed by atoms with Crippen molar-refractivity contribution in [3.63, 3.8) is 0 Å². The van der Waals surface area contributed by atoms with Gasteiger partial charge in [-0.25, -0.2) is 4.98 Å². The summed E-state index contributed by atoms with van der Waals surface area (Å²) in [7, 11) is 1.66. The molecule has 1 fully saturated rings. The lowest BCUT2D eigenvalue weighted by Gasteiger charge is -2.21. The minimum absolute atomic E-state index is 0.0366. The molecule has 0 aliphatic carbocycles. The number of methoxy groups -OCH3 is 1. The van der Waals surface area contributed by atoms with Crippen molar-refractivity contribution in [3.05, 3.63) is 47.2 Å². The van der Waals surface area contributed by atoms with Crippen molar-refractivity contribution in [3.8, 4) is 0 Å². The molecule has 130 valence electrons. The molecular weight excluding hydrogens is 320 g/mol. The van der Waals surface area contributed by atoms with E-state index in [4.69, 9.17) is 9.15 Å². The second-order valence-corrected chi connectivity index (χ2v) is 6.45. The van der Waals surface area contributed by atoms with Crippen molar-refractivity contribution in [1.82, 2.24) is 20.1 Å². The number of hydrogen-bond donors (Lipinski definition) is 1. The van der Waals surface area contributed by atoms with E-state index < -0.39 is 0 Å². The molecule has 4 rings (SSSR count). The molecule has 7 heteroatoms. The minimum atomic E-state index is -0.200. The van der Waals surface area contributed by atoms with E-state index in [1.807, 2.05) is 32.0 Å². The lowest BCUT2D eigenvalue weighted by atomic mass is 10.1. The lowest BCUT2D eigenvalue weighted by molar-refractivity contribution is 0.0655. The molecule has 3 heterocycles. The predicted molar refractivity (Wildman–Crippen MR) is 91.3 cm³/mol. The first-order valence-corrected chi connectivity index (χ1v) is 8.28. The Morgan fingerprint density at radius 1 is 1.40 bits per heavy atom. The Morgan fingerprint density at radius 2 is 2.24 bits per heavy atom. The summed E-state index contributed by atoms with van der Waals surface area (Å²) >= 11 is 0. The van der Waals surface area contributed by atoms with Gasteiger partial charge >= 0.3 is 0 Å². The number of aromatic amines is 1. The van der Waals surface area contributed by atoms with E-state index >= 15 is 0 Å². The van der Waals surface area contributed by atoms with E-state index in [1.165, 1.54) is 6.33 Å². The Labute approximate surface area is 145 Å². The number of H-pyrrole nitrogens is 1. The number of rotatable bonds is 3. The van der Waals surface area contributed by atoms with Crippen molar-refractivity contribution in [2.75, 3.05) is 13.7 Å². The fourth-order valence-electron chi connectivity index (χ4n) is 3.55. The van der Waals surface area contributed by atoms with Gasteiger partial charge in [0.05, 0.1) is 12.1 Å². The van der Waals surface area contributed by atoms with E-state index in [-0.39, 0.29) is 18.1 Å². The quantitative estimate of drug-likeness (QED) is 0.792. The normalized spacial score (nSPS) is 20.5. The van der Waals surface area contributed by atoms with E-state index in [2.05, 4.69) is 15.2 Å². The third kappa shape index (κ3) is 2.51. The fourth-order valence-corrected chi connectivity index (χ4v) is 3.55. The summed E-state index contributed by atoms with van der Waals surface area (Å²) < 4.78 is 11.4. The third-order valence-corrected chi connectivity index (χ3v) is 4.96. The van der Waals surface area contributed by atoms with Crippen LogP contribution in [0, 0.1) is 13.8 Å². The van der Waals surface area contributed by atoms with Crippen LogP contribution in [0.3, 0.4) is 0 Å². The average molecular weight is 340 g/mol. The molecule has 2 aromatic heterocycles. The van der Waals surface area contributed by atoms with Gasteiger partial charge in [-0.05, 0) is 19.4 Å². The number of ether oxygens (including phenoxy) is 1. The maximum Gasteiger partial charge on any atom is 0.290 e. The van der Waals surface area contributed by atoms with Gasteiger partial charge in [0.15, 0.2) is 5.76 Å². The maximum atomic E-state index is 13.2. The number of aryl methyl sites for hydroxylation is 2. The number of hydrogen-bond acceptors (Lipinski definition) is 5. The molecule has 3 aromatic rings. The number of nitrogens with one attached hydrogen (secondary N) is 1. The zero-order valence-electron chi connectivity index (χ0n) is 14.4. The van der Waals surface area contributed by atoms with Gasteiger partial charge in [-0.3, -0.25) is 9.89 Å². The van der Waals surface area contributed by atoms with Gasteiger partial charge in [-0.1, -0.05) is 18.2 Å². The van der Waals surface area contributed by atoms with Gasteiger partial charge in [0, 0.05) is 31.0 Å². The summed E-state index contributed by atoms with van der Waals surface area (Å²) in [5, 5.41) is 7.75. The van der Waals surface area contributed by atoms with Crippen LogP contribution in [0.25, 0.3) is 11.0 Å². The Morgan fingerprint density at radius 3 is 2.92 bits per heavy atom. The first-order chi connectivity index (χ1) is 12.1. The number of fused-ring (bicyclic) bond motifs is 1. The summed E-state index contributed by atoms with van der Waals surface area (Å²) in [6, 6.07) is 5.73. The first kappa shape index (κ1) is 15.8. The second kappa shape index (κ2) is 6.00. The number of likely N-dealkylation sites (tertiary alicyclic amines) is 1. The molecule has 1 aromatic carbocycles. The molecule has 1 amide bonds. The Kier molecular flexibility index (Phi) is 3.80. The molecule has 1 aliphatic heterocycles. The smallest absolute Gasteiger partial charge is 0.290 e. The molecule has 2 atom stereocenters. The van der Waals surface area contributed by atoms with Crippen LogP contribution < -0.4 is 0 Å². The standard InChI is InChI=1S/C18H20N4O3/c1-10-5-4-6-13-11(2)16(25-15(10)13)18(23)22-8-12(24-3)7-14(22)17-19-9-20-21-17/h4-6,9,12,14H,7-8H2,1-3H3,(H,19,20,21)/t12-,14+/m1/s1. The van der Waals surface area contributed by atoms with Crippen LogP contribution in [-0.4, -0.2) is 45.7 Å². The second-order valence-electron chi connectivity index (χ2n) is 6.45. The highest BCUT2D eigenvalue weighted by atomic mass is 16.5. The fraction of sp³-hybridized carbons (Fsp3) is 0.389. The van der Waals surface area contributed by atoms with E-state index in [9.17, 15) is 4.79 Å². The highest BCUT2D eigenvalue weighted by molar-refractivity contribution is 5.99. The molecule has 1 N–H and O–H groups in total.